The quantitative estimate of drug-likeness (QED) is 0.660. The molecule has 1 aliphatic carbocycles. The van der Waals surface area contributed by atoms with E-state index in [4.69, 9.17) is 0 Å². The number of ether oxygens (including phenoxy) is 1. The van der Waals surface area contributed by atoms with Crippen molar-refractivity contribution < 1.29 is 32.3 Å². The van der Waals surface area contributed by atoms with E-state index in [1.807, 2.05) is 0 Å². The predicted octanol–water partition coefficient (Wildman–Crippen LogP) is 1.71. The van der Waals surface area contributed by atoms with Crippen LogP contribution in [0.1, 0.15) is 45.4 Å². The molecule has 26 heavy (non-hydrogen) atoms. The van der Waals surface area contributed by atoms with Crippen molar-refractivity contribution in [2.75, 3.05) is 19.8 Å². The highest BCUT2D eigenvalue weighted by Gasteiger charge is 2.51. The first-order valence-corrected chi connectivity index (χ1v) is 8.71. The molecule has 0 aromatic rings. The van der Waals surface area contributed by atoms with Gasteiger partial charge in [0.2, 0.25) is 5.91 Å². The number of nitrogens with zero attached hydrogens (tertiary/aromatic N) is 1. The van der Waals surface area contributed by atoms with Gasteiger partial charge in [-0.1, -0.05) is 19.3 Å². The molecule has 0 bridgehead atoms. The SMILES string of the molecule is C[C@H](COCC(F)(F)F)NC(=O)CCN1C(=O)NC2(CCCCC2)C1=O. The Morgan fingerprint density at radius 2 is 1.96 bits per heavy atom. The summed E-state index contributed by atoms with van der Waals surface area (Å²) in [6.45, 7) is -0.206. The first kappa shape index (κ1) is 20.5. The second kappa shape index (κ2) is 8.24. The fourth-order valence-corrected chi connectivity index (χ4v) is 3.33. The van der Waals surface area contributed by atoms with Crippen molar-refractivity contribution in [2.24, 2.45) is 0 Å². The number of carbonyl (C=O) groups is 3. The van der Waals surface area contributed by atoms with E-state index >= 15 is 0 Å². The minimum absolute atomic E-state index is 0.0611. The van der Waals surface area contributed by atoms with E-state index < -0.39 is 36.3 Å². The van der Waals surface area contributed by atoms with Gasteiger partial charge in [0.15, 0.2) is 0 Å². The van der Waals surface area contributed by atoms with E-state index in [0.29, 0.717) is 12.8 Å². The summed E-state index contributed by atoms with van der Waals surface area (Å²) in [5.74, 6) is -0.755. The van der Waals surface area contributed by atoms with Gasteiger partial charge in [0.1, 0.15) is 12.1 Å². The summed E-state index contributed by atoms with van der Waals surface area (Å²) < 4.78 is 40.5. The molecule has 2 N–H and O–H groups in total. The normalized spacial score (nSPS) is 21.0. The van der Waals surface area contributed by atoms with Crippen molar-refractivity contribution >= 4 is 17.8 Å². The molecule has 1 saturated heterocycles. The van der Waals surface area contributed by atoms with Crippen LogP contribution >= 0.6 is 0 Å². The number of alkyl halides is 3. The van der Waals surface area contributed by atoms with Gasteiger partial charge >= 0.3 is 12.2 Å². The second-order valence-corrected chi connectivity index (χ2v) is 6.88. The van der Waals surface area contributed by atoms with Crippen molar-refractivity contribution in [3.8, 4) is 0 Å². The molecule has 0 radical (unpaired) electrons. The maximum absolute atomic E-state index is 12.5. The number of urea groups is 1. The zero-order valence-electron chi connectivity index (χ0n) is 14.7. The molecular weight excluding hydrogens is 355 g/mol. The number of amides is 4. The maximum atomic E-state index is 12.5. The van der Waals surface area contributed by atoms with Crippen molar-refractivity contribution in [1.29, 1.82) is 0 Å². The lowest BCUT2D eigenvalue weighted by Gasteiger charge is -2.30. The molecule has 0 unspecified atom stereocenters. The summed E-state index contributed by atoms with van der Waals surface area (Å²) in [6.07, 6.45) is -0.546. The van der Waals surface area contributed by atoms with Crippen molar-refractivity contribution in [1.82, 2.24) is 15.5 Å². The summed E-state index contributed by atoms with van der Waals surface area (Å²) in [5, 5.41) is 5.24. The third-order valence-corrected chi connectivity index (χ3v) is 4.56. The second-order valence-electron chi connectivity index (χ2n) is 6.88. The number of rotatable bonds is 7. The molecule has 148 valence electrons. The first-order chi connectivity index (χ1) is 12.1. The van der Waals surface area contributed by atoms with Gasteiger partial charge in [-0.25, -0.2) is 4.79 Å². The Kier molecular flexibility index (Phi) is 6.48. The fraction of sp³-hybridized carbons (Fsp3) is 0.812. The molecule has 1 heterocycles. The van der Waals surface area contributed by atoms with Gasteiger partial charge in [0, 0.05) is 19.0 Å². The Bertz CT molecular complexity index is 547. The Hall–Kier alpha value is -1.84. The zero-order valence-corrected chi connectivity index (χ0v) is 14.7. The Morgan fingerprint density at radius 3 is 2.58 bits per heavy atom. The third-order valence-electron chi connectivity index (χ3n) is 4.56. The number of nitrogens with one attached hydrogen (secondary N) is 2. The van der Waals surface area contributed by atoms with Crippen LogP contribution in [0.4, 0.5) is 18.0 Å². The van der Waals surface area contributed by atoms with E-state index in [1.165, 1.54) is 6.92 Å². The van der Waals surface area contributed by atoms with Crippen molar-refractivity contribution in [2.45, 2.75) is 63.2 Å². The molecule has 1 saturated carbocycles. The number of halogens is 3. The van der Waals surface area contributed by atoms with E-state index in [9.17, 15) is 27.6 Å². The largest absolute Gasteiger partial charge is 0.411 e. The zero-order chi connectivity index (χ0) is 19.4. The van der Waals surface area contributed by atoms with Gasteiger partial charge in [-0.3, -0.25) is 14.5 Å². The smallest absolute Gasteiger partial charge is 0.370 e. The summed E-state index contributed by atoms with van der Waals surface area (Å²) >= 11 is 0. The van der Waals surface area contributed by atoms with E-state index in [0.717, 1.165) is 24.2 Å². The highest BCUT2D eigenvalue weighted by Crippen LogP contribution is 2.33. The maximum Gasteiger partial charge on any atom is 0.411 e. The van der Waals surface area contributed by atoms with Crippen LogP contribution in [-0.4, -0.2) is 60.3 Å². The van der Waals surface area contributed by atoms with Gasteiger partial charge in [0.25, 0.3) is 5.91 Å². The highest BCUT2D eigenvalue weighted by atomic mass is 19.4. The van der Waals surface area contributed by atoms with Crippen molar-refractivity contribution in [3.05, 3.63) is 0 Å². The van der Waals surface area contributed by atoms with Crippen LogP contribution in [0, 0.1) is 0 Å². The molecule has 0 aromatic carbocycles. The van der Waals surface area contributed by atoms with Crippen LogP contribution in [0.3, 0.4) is 0 Å². The van der Waals surface area contributed by atoms with Crippen LogP contribution in [0.5, 0.6) is 0 Å². The lowest BCUT2D eigenvalue weighted by molar-refractivity contribution is -0.175. The fourth-order valence-electron chi connectivity index (χ4n) is 3.33. The van der Waals surface area contributed by atoms with Crippen LogP contribution in [0.2, 0.25) is 0 Å². The average molecular weight is 379 g/mol. The minimum atomic E-state index is -4.41. The molecule has 2 fully saturated rings. The van der Waals surface area contributed by atoms with Gasteiger partial charge in [-0.15, -0.1) is 0 Å². The van der Waals surface area contributed by atoms with E-state index in [-0.39, 0.29) is 25.5 Å². The molecule has 7 nitrogen and oxygen atoms in total. The van der Waals surface area contributed by atoms with Gasteiger partial charge in [-0.05, 0) is 19.8 Å². The molecule has 4 amide bonds. The lowest BCUT2D eigenvalue weighted by Crippen LogP contribution is -2.48. The average Bonchev–Trinajstić information content (AvgIpc) is 2.75. The standard InChI is InChI=1S/C16H24F3N3O4/c1-11(9-26-10-16(17,18)19)20-12(23)5-8-22-13(24)15(21-14(22)25)6-3-2-4-7-15/h11H,2-10H2,1H3,(H,20,23)(H,21,25)/t11-/m1/s1. The van der Waals surface area contributed by atoms with Crippen LogP contribution in [0.15, 0.2) is 0 Å². The summed E-state index contributed by atoms with van der Waals surface area (Å²) in [5.41, 5.74) is -0.829. The molecule has 1 aliphatic heterocycles. The Balaban J connectivity index is 1.75. The summed E-state index contributed by atoms with van der Waals surface area (Å²) in [7, 11) is 0. The molecule has 1 atom stereocenters. The van der Waals surface area contributed by atoms with Gasteiger partial charge in [0.05, 0.1) is 6.61 Å². The van der Waals surface area contributed by atoms with Crippen LogP contribution in [-0.2, 0) is 14.3 Å². The lowest BCUT2D eigenvalue weighted by atomic mass is 9.82. The predicted molar refractivity (Wildman–Crippen MR) is 85.2 cm³/mol. The highest BCUT2D eigenvalue weighted by molar-refractivity contribution is 6.07. The summed E-state index contributed by atoms with van der Waals surface area (Å²) in [6, 6.07) is -1.11. The van der Waals surface area contributed by atoms with Crippen LogP contribution in [0.25, 0.3) is 0 Å². The third kappa shape index (κ3) is 5.33. The summed E-state index contributed by atoms with van der Waals surface area (Å²) in [4.78, 5) is 37.6. The van der Waals surface area contributed by atoms with E-state index in [1.54, 1.807) is 0 Å². The minimum Gasteiger partial charge on any atom is -0.370 e. The molecule has 2 rings (SSSR count). The first-order valence-electron chi connectivity index (χ1n) is 8.71. The molecule has 10 heteroatoms. The van der Waals surface area contributed by atoms with Gasteiger partial charge in [-0.2, -0.15) is 13.2 Å². The molecule has 1 spiro atoms. The Labute approximate surface area is 149 Å². The molecule has 2 aliphatic rings. The van der Waals surface area contributed by atoms with Crippen LogP contribution < -0.4 is 10.6 Å². The van der Waals surface area contributed by atoms with Crippen molar-refractivity contribution in [3.63, 3.8) is 0 Å². The number of hydrogen-bond donors (Lipinski definition) is 2. The number of hydrogen-bond acceptors (Lipinski definition) is 4. The number of carbonyl (C=O) groups excluding carboxylic acids is 3. The monoisotopic (exact) mass is 379 g/mol. The molecular formula is C16H24F3N3O4. The van der Waals surface area contributed by atoms with E-state index in [2.05, 4.69) is 15.4 Å². The topological polar surface area (TPSA) is 87.7 Å². The number of imide groups is 1. The Morgan fingerprint density at radius 1 is 1.31 bits per heavy atom. The molecule has 0 aromatic heterocycles. The van der Waals surface area contributed by atoms with Gasteiger partial charge < -0.3 is 15.4 Å².